The second-order valence-corrected chi connectivity index (χ2v) is 5.02. The fourth-order valence-corrected chi connectivity index (χ4v) is 1.97. The van der Waals surface area contributed by atoms with Gasteiger partial charge in [-0.1, -0.05) is 39.0 Å². The number of nitrogens with one attached hydrogen (secondary N) is 1. The van der Waals surface area contributed by atoms with Crippen LogP contribution >= 0.6 is 0 Å². The van der Waals surface area contributed by atoms with Crippen LogP contribution in [0.3, 0.4) is 0 Å². The lowest BCUT2D eigenvalue weighted by molar-refractivity contribution is 0.402. The molecule has 0 fully saturated rings. The zero-order chi connectivity index (χ0) is 12.7. The lowest BCUT2D eigenvalue weighted by Crippen LogP contribution is -2.25. The van der Waals surface area contributed by atoms with Crippen LogP contribution in [0.2, 0.25) is 0 Å². The second-order valence-electron chi connectivity index (χ2n) is 5.02. The Morgan fingerprint density at radius 2 is 1.88 bits per heavy atom. The van der Waals surface area contributed by atoms with E-state index in [2.05, 4.69) is 38.2 Å². The number of hydrogen-bond acceptors (Lipinski definition) is 2. The predicted molar refractivity (Wildman–Crippen MR) is 73.6 cm³/mol. The molecule has 1 unspecified atom stereocenters. The van der Waals surface area contributed by atoms with Gasteiger partial charge in [-0.2, -0.15) is 0 Å². The summed E-state index contributed by atoms with van der Waals surface area (Å²) < 4.78 is 5.37. The Balaban J connectivity index is 2.41. The molecule has 17 heavy (non-hydrogen) atoms. The Morgan fingerprint density at radius 1 is 1.18 bits per heavy atom. The number of hydrogen-bond donors (Lipinski definition) is 1. The van der Waals surface area contributed by atoms with Crippen molar-refractivity contribution in [1.29, 1.82) is 0 Å². The van der Waals surface area contributed by atoms with Gasteiger partial charge in [-0.25, -0.2) is 0 Å². The standard InChI is InChI=1S/C15H25NO/c1-12(2)16-10-9-13(3)11-14-7-5-6-8-15(14)17-4/h5-8,12-13,16H,9-11H2,1-4H3. The average Bonchev–Trinajstić information content (AvgIpc) is 2.29. The Bertz CT molecular complexity index is 322. The largest absolute Gasteiger partial charge is 0.496 e. The Labute approximate surface area is 105 Å². The van der Waals surface area contributed by atoms with Crippen LogP contribution in [0.25, 0.3) is 0 Å². The summed E-state index contributed by atoms with van der Waals surface area (Å²) in [5, 5.41) is 3.46. The van der Waals surface area contributed by atoms with Crippen molar-refractivity contribution >= 4 is 0 Å². The molecule has 1 aromatic rings. The molecule has 0 saturated heterocycles. The fraction of sp³-hybridized carbons (Fsp3) is 0.600. The highest BCUT2D eigenvalue weighted by atomic mass is 16.5. The normalized spacial score (nSPS) is 12.8. The van der Waals surface area contributed by atoms with Crippen LogP contribution in [-0.4, -0.2) is 19.7 Å². The summed E-state index contributed by atoms with van der Waals surface area (Å²) >= 11 is 0. The quantitative estimate of drug-likeness (QED) is 0.783. The van der Waals surface area contributed by atoms with E-state index < -0.39 is 0 Å². The number of ether oxygens (including phenoxy) is 1. The minimum absolute atomic E-state index is 0.577. The van der Waals surface area contributed by atoms with Gasteiger partial charge >= 0.3 is 0 Å². The van der Waals surface area contributed by atoms with Crippen molar-refractivity contribution in [3.05, 3.63) is 29.8 Å². The van der Waals surface area contributed by atoms with E-state index >= 15 is 0 Å². The van der Waals surface area contributed by atoms with Crippen LogP contribution in [-0.2, 0) is 6.42 Å². The molecule has 0 spiro atoms. The zero-order valence-electron chi connectivity index (χ0n) is 11.5. The maximum atomic E-state index is 5.37. The third kappa shape index (κ3) is 5.22. The molecule has 2 nitrogen and oxygen atoms in total. The first-order valence-electron chi connectivity index (χ1n) is 6.48. The van der Waals surface area contributed by atoms with E-state index in [1.807, 2.05) is 12.1 Å². The molecule has 96 valence electrons. The first kappa shape index (κ1) is 14.0. The topological polar surface area (TPSA) is 21.3 Å². The molecule has 0 aliphatic carbocycles. The van der Waals surface area contributed by atoms with Crippen LogP contribution in [0.1, 0.15) is 32.8 Å². The summed E-state index contributed by atoms with van der Waals surface area (Å²) in [6, 6.07) is 8.87. The molecule has 0 aliphatic rings. The van der Waals surface area contributed by atoms with Crippen LogP contribution in [0.15, 0.2) is 24.3 Å². The third-order valence-corrected chi connectivity index (χ3v) is 2.95. The number of benzene rings is 1. The molecular formula is C15H25NO. The second kappa shape index (κ2) is 7.33. The number of rotatable bonds is 7. The summed E-state index contributed by atoms with van der Waals surface area (Å²) in [5.74, 6) is 1.69. The number of methoxy groups -OCH3 is 1. The van der Waals surface area contributed by atoms with Gasteiger partial charge in [0.25, 0.3) is 0 Å². The van der Waals surface area contributed by atoms with E-state index in [1.54, 1.807) is 7.11 Å². The molecule has 0 amide bonds. The van der Waals surface area contributed by atoms with Crippen LogP contribution < -0.4 is 10.1 Å². The highest BCUT2D eigenvalue weighted by Gasteiger charge is 2.07. The van der Waals surface area contributed by atoms with Gasteiger partial charge in [0.2, 0.25) is 0 Å². The van der Waals surface area contributed by atoms with Crippen molar-refractivity contribution < 1.29 is 4.74 Å². The summed E-state index contributed by atoms with van der Waals surface area (Å²) in [6.07, 6.45) is 2.29. The van der Waals surface area contributed by atoms with Crippen molar-refractivity contribution in [3.8, 4) is 5.75 Å². The maximum absolute atomic E-state index is 5.37. The average molecular weight is 235 g/mol. The molecule has 0 aromatic heterocycles. The molecule has 0 saturated carbocycles. The lowest BCUT2D eigenvalue weighted by Gasteiger charge is -2.15. The van der Waals surface area contributed by atoms with Crippen molar-refractivity contribution in [1.82, 2.24) is 5.32 Å². The Morgan fingerprint density at radius 3 is 2.53 bits per heavy atom. The maximum Gasteiger partial charge on any atom is 0.122 e. The molecule has 2 heteroatoms. The highest BCUT2D eigenvalue weighted by molar-refractivity contribution is 5.33. The van der Waals surface area contributed by atoms with Gasteiger partial charge in [-0.15, -0.1) is 0 Å². The SMILES string of the molecule is COc1ccccc1CC(C)CCNC(C)C. The molecule has 1 atom stereocenters. The number of para-hydroxylation sites is 1. The minimum Gasteiger partial charge on any atom is -0.496 e. The van der Waals surface area contributed by atoms with Crippen molar-refractivity contribution in [3.63, 3.8) is 0 Å². The Hall–Kier alpha value is -1.02. The Kier molecular flexibility index (Phi) is 6.06. The van der Waals surface area contributed by atoms with Gasteiger partial charge in [0.1, 0.15) is 5.75 Å². The highest BCUT2D eigenvalue weighted by Crippen LogP contribution is 2.21. The smallest absolute Gasteiger partial charge is 0.122 e. The predicted octanol–water partition coefficient (Wildman–Crippen LogP) is 3.26. The van der Waals surface area contributed by atoms with E-state index in [0.717, 1.165) is 18.7 Å². The summed E-state index contributed by atoms with van der Waals surface area (Å²) in [5.41, 5.74) is 1.31. The summed E-state index contributed by atoms with van der Waals surface area (Å²) in [7, 11) is 1.74. The fourth-order valence-electron chi connectivity index (χ4n) is 1.97. The van der Waals surface area contributed by atoms with Gasteiger partial charge in [-0.3, -0.25) is 0 Å². The molecule has 1 aromatic carbocycles. The van der Waals surface area contributed by atoms with Crippen molar-refractivity contribution in [2.75, 3.05) is 13.7 Å². The van der Waals surface area contributed by atoms with E-state index in [9.17, 15) is 0 Å². The van der Waals surface area contributed by atoms with Gasteiger partial charge in [0.15, 0.2) is 0 Å². The van der Waals surface area contributed by atoms with Gasteiger partial charge in [0, 0.05) is 6.04 Å². The summed E-state index contributed by atoms with van der Waals surface area (Å²) in [6.45, 7) is 7.76. The molecule has 0 aliphatic heterocycles. The van der Waals surface area contributed by atoms with E-state index in [0.29, 0.717) is 12.0 Å². The van der Waals surface area contributed by atoms with Crippen LogP contribution in [0, 0.1) is 5.92 Å². The molecule has 0 bridgehead atoms. The van der Waals surface area contributed by atoms with E-state index in [-0.39, 0.29) is 0 Å². The van der Waals surface area contributed by atoms with Crippen LogP contribution in [0.5, 0.6) is 5.75 Å². The van der Waals surface area contributed by atoms with Gasteiger partial charge in [-0.05, 0) is 36.9 Å². The van der Waals surface area contributed by atoms with Crippen molar-refractivity contribution in [2.45, 2.75) is 39.7 Å². The minimum atomic E-state index is 0.577. The van der Waals surface area contributed by atoms with E-state index in [1.165, 1.54) is 12.0 Å². The molecule has 0 radical (unpaired) electrons. The first-order chi connectivity index (χ1) is 8.13. The molecule has 1 N–H and O–H groups in total. The zero-order valence-corrected chi connectivity index (χ0v) is 11.5. The lowest BCUT2D eigenvalue weighted by atomic mass is 9.97. The van der Waals surface area contributed by atoms with Gasteiger partial charge < -0.3 is 10.1 Å². The monoisotopic (exact) mass is 235 g/mol. The van der Waals surface area contributed by atoms with Crippen LogP contribution in [0.4, 0.5) is 0 Å². The molecule has 1 rings (SSSR count). The summed E-state index contributed by atoms with van der Waals surface area (Å²) in [4.78, 5) is 0. The molecular weight excluding hydrogens is 210 g/mol. The van der Waals surface area contributed by atoms with Gasteiger partial charge in [0.05, 0.1) is 7.11 Å². The third-order valence-electron chi connectivity index (χ3n) is 2.95. The first-order valence-corrected chi connectivity index (χ1v) is 6.48. The van der Waals surface area contributed by atoms with E-state index in [4.69, 9.17) is 4.74 Å². The molecule has 0 heterocycles. The van der Waals surface area contributed by atoms with Crippen molar-refractivity contribution in [2.24, 2.45) is 5.92 Å².